The fraction of sp³-hybridized carbons (Fsp3) is 0.211. The SMILES string of the molecule is O=C(c1cnn(-c2ccc(F)cc2)c1-c1ccncc1)N1CCNCC1. The number of hydrogen-bond donors (Lipinski definition) is 1. The maximum atomic E-state index is 13.3. The molecule has 1 saturated heterocycles. The molecule has 1 amide bonds. The van der Waals surface area contributed by atoms with Crippen molar-refractivity contribution >= 4 is 5.91 Å². The van der Waals surface area contributed by atoms with Crippen LogP contribution in [0.15, 0.2) is 55.0 Å². The van der Waals surface area contributed by atoms with Crippen LogP contribution in [0.25, 0.3) is 16.9 Å². The molecule has 132 valence electrons. The number of hydrogen-bond acceptors (Lipinski definition) is 4. The van der Waals surface area contributed by atoms with Gasteiger partial charge in [-0.15, -0.1) is 0 Å². The van der Waals surface area contributed by atoms with E-state index >= 15 is 0 Å². The number of rotatable bonds is 3. The monoisotopic (exact) mass is 351 g/mol. The third-order valence-electron chi connectivity index (χ3n) is 4.43. The molecular weight excluding hydrogens is 333 g/mol. The molecule has 0 unspecified atom stereocenters. The average Bonchev–Trinajstić information content (AvgIpc) is 3.14. The van der Waals surface area contributed by atoms with Gasteiger partial charge in [0.2, 0.25) is 0 Å². The zero-order valence-corrected chi connectivity index (χ0v) is 14.1. The molecule has 0 atom stereocenters. The van der Waals surface area contributed by atoms with Gasteiger partial charge in [-0.25, -0.2) is 9.07 Å². The normalized spacial score (nSPS) is 14.4. The van der Waals surface area contributed by atoms with Gasteiger partial charge in [-0.3, -0.25) is 9.78 Å². The van der Waals surface area contributed by atoms with E-state index < -0.39 is 0 Å². The van der Waals surface area contributed by atoms with E-state index in [0.29, 0.717) is 30.0 Å². The second kappa shape index (κ2) is 7.05. The number of nitrogens with one attached hydrogen (secondary N) is 1. The molecular formula is C19H18FN5O. The van der Waals surface area contributed by atoms with Crippen LogP contribution >= 0.6 is 0 Å². The molecule has 3 heterocycles. The van der Waals surface area contributed by atoms with Crippen molar-refractivity contribution in [2.75, 3.05) is 26.2 Å². The molecule has 3 aromatic rings. The van der Waals surface area contributed by atoms with Gasteiger partial charge in [0.05, 0.1) is 23.1 Å². The molecule has 0 spiro atoms. The van der Waals surface area contributed by atoms with E-state index in [2.05, 4.69) is 15.4 Å². The Hall–Kier alpha value is -3.06. The van der Waals surface area contributed by atoms with Gasteiger partial charge in [0, 0.05) is 44.1 Å². The lowest BCUT2D eigenvalue weighted by atomic mass is 10.1. The lowest BCUT2D eigenvalue weighted by Crippen LogP contribution is -2.46. The first-order chi connectivity index (χ1) is 12.7. The van der Waals surface area contributed by atoms with Crippen LogP contribution in [0.5, 0.6) is 0 Å². The quantitative estimate of drug-likeness (QED) is 0.785. The molecule has 1 N–H and O–H groups in total. The number of halogens is 1. The first-order valence-corrected chi connectivity index (χ1v) is 8.48. The molecule has 1 aliphatic heterocycles. The van der Waals surface area contributed by atoms with E-state index in [-0.39, 0.29) is 11.7 Å². The Morgan fingerprint density at radius 3 is 2.42 bits per heavy atom. The van der Waals surface area contributed by atoms with Crippen molar-refractivity contribution in [2.45, 2.75) is 0 Å². The Morgan fingerprint density at radius 1 is 1.04 bits per heavy atom. The fourth-order valence-electron chi connectivity index (χ4n) is 3.11. The van der Waals surface area contributed by atoms with Crippen LogP contribution in [0.2, 0.25) is 0 Å². The predicted molar refractivity (Wildman–Crippen MR) is 95.5 cm³/mol. The van der Waals surface area contributed by atoms with Crippen LogP contribution in [0, 0.1) is 5.82 Å². The molecule has 0 saturated carbocycles. The number of pyridine rings is 1. The largest absolute Gasteiger partial charge is 0.336 e. The van der Waals surface area contributed by atoms with Crippen molar-refractivity contribution in [2.24, 2.45) is 0 Å². The standard InChI is InChI=1S/C19H18FN5O/c20-15-1-3-16(4-2-15)25-18(14-5-7-21-8-6-14)17(13-23-25)19(26)24-11-9-22-10-12-24/h1-8,13,22H,9-12H2. The molecule has 2 aromatic heterocycles. The van der Waals surface area contributed by atoms with Gasteiger partial charge < -0.3 is 10.2 Å². The predicted octanol–water partition coefficient (Wildman–Crippen LogP) is 2.12. The maximum Gasteiger partial charge on any atom is 0.257 e. The summed E-state index contributed by atoms with van der Waals surface area (Å²) in [5.41, 5.74) is 2.74. The highest BCUT2D eigenvalue weighted by atomic mass is 19.1. The van der Waals surface area contributed by atoms with Gasteiger partial charge in [-0.1, -0.05) is 0 Å². The maximum absolute atomic E-state index is 13.3. The van der Waals surface area contributed by atoms with E-state index in [1.54, 1.807) is 35.4 Å². The number of carbonyl (C=O) groups is 1. The summed E-state index contributed by atoms with van der Waals surface area (Å²) >= 11 is 0. The van der Waals surface area contributed by atoms with Gasteiger partial charge in [-0.05, 0) is 36.4 Å². The zero-order valence-electron chi connectivity index (χ0n) is 14.1. The first-order valence-electron chi connectivity index (χ1n) is 8.48. The molecule has 26 heavy (non-hydrogen) atoms. The summed E-state index contributed by atoms with van der Waals surface area (Å²) in [6, 6.07) is 9.73. The lowest BCUT2D eigenvalue weighted by Gasteiger charge is -2.27. The fourth-order valence-corrected chi connectivity index (χ4v) is 3.11. The van der Waals surface area contributed by atoms with Crippen molar-refractivity contribution in [3.05, 3.63) is 66.4 Å². The van der Waals surface area contributed by atoms with Crippen LogP contribution in [-0.4, -0.2) is 51.8 Å². The van der Waals surface area contributed by atoms with Crippen LogP contribution in [-0.2, 0) is 0 Å². The van der Waals surface area contributed by atoms with E-state index in [0.717, 1.165) is 18.7 Å². The number of carbonyl (C=O) groups excluding carboxylic acids is 1. The highest BCUT2D eigenvalue weighted by Crippen LogP contribution is 2.27. The van der Waals surface area contributed by atoms with E-state index in [9.17, 15) is 9.18 Å². The molecule has 0 aliphatic carbocycles. The molecule has 0 bridgehead atoms. The molecule has 1 aromatic carbocycles. The highest BCUT2D eigenvalue weighted by molar-refractivity contribution is 6.00. The van der Waals surface area contributed by atoms with Gasteiger partial charge in [0.1, 0.15) is 5.82 Å². The van der Waals surface area contributed by atoms with E-state index in [1.165, 1.54) is 12.1 Å². The van der Waals surface area contributed by atoms with Crippen molar-refractivity contribution in [3.8, 4) is 16.9 Å². The summed E-state index contributed by atoms with van der Waals surface area (Å²) in [6.07, 6.45) is 4.94. The summed E-state index contributed by atoms with van der Waals surface area (Å²) in [7, 11) is 0. The van der Waals surface area contributed by atoms with Crippen molar-refractivity contribution in [1.82, 2.24) is 25.0 Å². The molecule has 0 radical (unpaired) electrons. The lowest BCUT2D eigenvalue weighted by molar-refractivity contribution is 0.0736. The minimum atomic E-state index is -0.316. The Balaban J connectivity index is 1.82. The Morgan fingerprint density at radius 2 is 1.73 bits per heavy atom. The third-order valence-corrected chi connectivity index (χ3v) is 4.43. The van der Waals surface area contributed by atoms with Gasteiger partial charge in [0.15, 0.2) is 0 Å². The summed E-state index contributed by atoms with van der Waals surface area (Å²) in [5.74, 6) is -0.366. The van der Waals surface area contributed by atoms with Crippen LogP contribution in [0.1, 0.15) is 10.4 Å². The van der Waals surface area contributed by atoms with Crippen LogP contribution < -0.4 is 5.32 Å². The number of benzene rings is 1. The minimum absolute atomic E-state index is 0.0494. The molecule has 1 aliphatic rings. The van der Waals surface area contributed by atoms with Gasteiger partial charge in [-0.2, -0.15) is 5.10 Å². The van der Waals surface area contributed by atoms with Crippen LogP contribution in [0.3, 0.4) is 0 Å². The van der Waals surface area contributed by atoms with Crippen molar-refractivity contribution < 1.29 is 9.18 Å². The van der Waals surface area contributed by atoms with E-state index in [4.69, 9.17) is 0 Å². The number of piperazine rings is 1. The van der Waals surface area contributed by atoms with Crippen molar-refractivity contribution in [3.63, 3.8) is 0 Å². The Labute approximate surface area is 150 Å². The summed E-state index contributed by atoms with van der Waals surface area (Å²) < 4.78 is 15.0. The third kappa shape index (κ3) is 3.09. The second-order valence-electron chi connectivity index (χ2n) is 6.07. The Bertz CT molecular complexity index is 901. The number of nitrogens with zero attached hydrogens (tertiary/aromatic N) is 4. The molecule has 4 rings (SSSR count). The highest BCUT2D eigenvalue weighted by Gasteiger charge is 2.25. The van der Waals surface area contributed by atoms with Gasteiger partial charge >= 0.3 is 0 Å². The molecule has 1 fully saturated rings. The number of aromatic nitrogens is 3. The number of amides is 1. The molecule has 6 nitrogen and oxygen atoms in total. The average molecular weight is 351 g/mol. The Kier molecular flexibility index (Phi) is 4.45. The molecule has 7 heteroatoms. The topological polar surface area (TPSA) is 63.1 Å². The smallest absolute Gasteiger partial charge is 0.257 e. The van der Waals surface area contributed by atoms with E-state index in [1.807, 2.05) is 17.0 Å². The van der Waals surface area contributed by atoms with Crippen LogP contribution in [0.4, 0.5) is 4.39 Å². The van der Waals surface area contributed by atoms with Crippen molar-refractivity contribution in [1.29, 1.82) is 0 Å². The van der Waals surface area contributed by atoms with Gasteiger partial charge in [0.25, 0.3) is 5.91 Å². The minimum Gasteiger partial charge on any atom is -0.336 e. The summed E-state index contributed by atoms with van der Waals surface area (Å²) in [5, 5.41) is 7.66. The second-order valence-corrected chi connectivity index (χ2v) is 6.07. The first kappa shape index (κ1) is 16.4. The summed E-state index contributed by atoms with van der Waals surface area (Å²) in [4.78, 5) is 18.9. The zero-order chi connectivity index (χ0) is 17.9. The summed E-state index contributed by atoms with van der Waals surface area (Å²) in [6.45, 7) is 2.89.